The molecule has 1 N–H and O–H groups in total. The first-order valence-corrected chi connectivity index (χ1v) is 4.83. The molecule has 2 fully saturated rings. The molecule has 72 valence electrons. The molecule has 0 heterocycles. The molecular weight excluding hydrogens is 164 g/mol. The minimum atomic E-state index is -0.748. The molecule has 0 spiro atoms. The van der Waals surface area contributed by atoms with Crippen molar-refractivity contribution in [2.75, 3.05) is 0 Å². The molecule has 2 saturated carbocycles. The van der Waals surface area contributed by atoms with Gasteiger partial charge in [-0.05, 0) is 24.2 Å². The van der Waals surface area contributed by atoms with E-state index in [-0.39, 0.29) is 17.1 Å². The van der Waals surface area contributed by atoms with E-state index in [4.69, 9.17) is 0 Å². The lowest BCUT2D eigenvalue weighted by atomic mass is 9.69. The zero-order chi connectivity index (χ0) is 9.85. The van der Waals surface area contributed by atoms with Gasteiger partial charge in [-0.25, -0.2) is 0 Å². The summed E-state index contributed by atoms with van der Waals surface area (Å²) < 4.78 is 0. The lowest BCUT2D eigenvalue weighted by Gasteiger charge is -2.32. The molecule has 0 aromatic carbocycles. The number of allylic oxidation sites excluding steroid dienone is 1. The lowest BCUT2D eigenvalue weighted by molar-refractivity contribution is -0.133. The monoisotopic (exact) mass is 180 g/mol. The van der Waals surface area contributed by atoms with E-state index in [2.05, 4.69) is 20.4 Å². The highest BCUT2D eigenvalue weighted by molar-refractivity contribution is 5.95. The standard InChI is InChI=1S/C11H16O2/c1-4-11-6-5-7(10(11,2)3)8(12)9(11)13/h4,7-8,12H,1,5-6H2,2-3H3/t7-,8-,11+/m1/s1. The van der Waals surface area contributed by atoms with Crippen LogP contribution in [-0.4, -0.2) is 17.0 Å². The topological polar surface area (TPSA) is 37.3 Å². The normalized spacial score (nSPS) is 46.8. The van der Waals surface area contributed by atoms with E-state index in [0.29, 0.717) is 0 Å². The zero-order valence-electron chi connectivity index (χ0n) is 8.21. The van der Waals surface area contributed by atoms with Crippen molar-refractivity contribution in [1.29, 1.82) is 0 Å². The van der Waals surface area contributed by atoms with Crippen LogP contribution in [0.15, 0.2) is 12.7 Å². The Balaban J connectivity index is 2.56. The van der Waals surface area contributed by atoms with Gasteiger partial charge < -0.3 is 5.11 Å². The fourth-order valence-electron chi connectivity index (χ4n) is 3.30. The van der Waals surface area contributed by atoms with E-state index in [9.17, 15) is 9.90 Å². The first-order chi connectivity index (χ1) is 5.97. The van der Waals surface area contributed by atoms with Crippen LogP contribution in [0.4, 0.5) is 0 Å². The van der Waals surface area contributed by atoms with Crippen molar-refractivity contribution in [3.8, 4) is 0 Å². The quantitative estimate of drug-likeness (QED) is 0.621. The second-order valence-corrected chi connectivity index (χ2v) is 4.85. The van der Waals surface area contributed by atoms with E-state index in [1.54, 1.807) is 6.08 Å². The lowest BCUT2D eigenvalue weighted by Crippen LogP contribution is -2.35. The molecule has 0 amide bonds. The van der Waals surface area contributed by atoms with Crippen molar-refractivity contribution in [2.45, 2.75) is 32.8 Å². The molecule has 0 unspecified atom stereocenters. The molecule has 2 aliphatic carbocycles. The maximum absolute atomic E-state index is 11.8. The summed E-state index contributed by atoms with van der Waals surface area (Å²) in [6, 6.07) is 0. The number of hydrogen-bond acceptors (Lipinski definition) is 2. The van der Waals surface area contributed by atoms with Crippen LogP contribution in [0.1, 0.15) is 26.7 Å². The molecule has 2 nitrogen and oxygen atoms in total. The van der Waals surface area contributed by atoms with Gasteiger partial charge in [-0.1, -0.05) is 19.9 Å². The summed E-state index contributed by atoms with van der Waals surface area (Å²) in [5.41, 5.74) is -0.553. The summed E-state index contributed by atoms with van der Waals surface area (Å²) in [5.74, 6) is 0.127. The summed E-state index contributed by atoms with van der Waals surface area (Å²) in [5, 5.41) is 9.72. The second kappa shape index (κ2) is 2.24. The van der Waals surface area contributed by atoms with Gasteiger partial charge in [-0.15, -0.1) is 6.58 Å². The van der Waals surface area contributed by atoms with Gasteiger partial charge in [-0.3, -0.25) is 4.79 Å². The number of aliphatic hydroxyl groups excluding tert-OH is 1. The zero-order valence-corrected chi connectivity index (χ0v) is 8.21. The Labute approximate surface area is 78.6 Å². The Bertz CT molecular complexity index is 280. The predicted octanol–water partition coefficient (Wildman–Crippen LogP) is 1.54. The van der Waals surface area contributed by atoms with Gasteiger partial charge in [-0.2, -0.15) is 0 Å². The number of rotatable bonds is 1. The largest absolute Gasteiger partial charge is 0.385 e. The molecule has 2 rings (SSSR count). The number of carbonyl (C=O) groups is 1. The Morgan fingerprint density at radius 3 is 2.54 bits per heavy atom. The van der Waals surface area contributed by atoms with Gasteiger partial charge in [0.15, 0.2) is 5.78 Å². The van der Waals surface area contributed by atoms with Gasteiger partial charge in [0.25, 0.3) is 0 Å². The van der Waals surface area contributed by atoms with Gasteiger partial charge in [0.05, 0.1) is 5.41 Å². The van der Waals surface area contributed by atoms with E-state index in [0.717, 1.165) is 12.8 Å². The van der Waals surface area contributed by atoms with Crippen LogP contribution in [0.2, 0.25) is 0 Å². The van der Waals surface area contributed by atoms with E-state index in [1.165, 1.54) is 0 Å². The fraction of sp³-hybridized carbons (Fsp3) is 0.727. The Hall–Kier alpha value is -0.630. The Kier molecular flexibility index (Phi) is 1.54. The first kappa shape index (κ1) is 8.95. The Morgan fingerprint density at radius 1 is 1.62 bits per heavy atom. The summed E-state index contributed by atoms with van der Waals surface area (Å²) in [4.78, 5) is 11.8. The van der Waals surface area contributed by atoms with Crippen LogP contribution in [0.5, 0.6) is 0 Å². The molecule has 2 bridgehead atoms. The van der Waals surface area contributed by atoms with Crippen LogP contribution in [0.3, 0.4) is 0 Å². The number of aliphatic hydroxyl groups is 1. The third kappa shape index (κ3) is 0.715. The third-order valence-electron chi connectivity index (χ3n) is 4.36. The van der Waals surface area contributed by atoms with Crippen LogP contribution in [0.25, 0.3) is 0 Å². The molecule has 0 aliphatic heterocycles. The highest BCUT2D eigenvalue weighted by Gasteiger charge is 2.67. The minimum Gasteiger partial charge on any atom is -0.385 e. The van der Waals surface area contributed by atoms with E-state index < -0.39 is 11.5 Å². The third-order valence-corrected chi connectivity index (χ3v) is 4.36. The van der Waals surface area contributed by atoms with Crippen LogP contribution in [0, 0.1) is 16.7 Å². The second-order valence-electron chi connectivity index (χ2n) is 4.85. The summed E-state index contributed by atoms with van der Waals surface area (Å²) in [6.07, 6.45) is 2.82. The highest BCUT2D eigenvalue weighted by atomic mass is 16.3. The number of hydrogen-bond donors (Lipinski definition) is 1. The Morgan fingerprint density at radius 2 is 2.23 bits per heavy atom. The molecule has 0 radical (unpaired) electrons. The maximum atomic E-state index is 11.8. The SMILES string of the molecule is C=C[C@]12CC[C@H]([C@@H](O)C1=O)C2(C)C. The van der Waals surface area contributed by atoms with Crippen LogP contribution < -0.4 is 0 Å². The number of carbonyl (C=O) groups excluding carboxylic acids is 1. The van der Waals surface area contributed by atoms with Gasteiger partial charge >= 0.3 is 0 Å². The number of fused-ring (bicyclic) bond motifs is 2. The predicted molar refractivity (Wildman–Crippen MR) is 50.1 cm³/mol. The molecule has 2 heteroatoms. The van der Waals surface area contributed by atoms with Crippen molar-refractivity contribution in [1.82, 2.24) is 0 Å². The van der Waals surface area contributed by atoms with E-state index in [1.807, 2.05) is 0 Å². The molecule has 2 aliphatic rings. The van der Waals surface area contributed by atoms with Crippen molar-refractivity contribution in [3.63, 3.8) is 0 Å². The van der Waals surface area contributed by atoms with Crippen molar-refractivity contribution >= 4 is 5.78 Å². The van der Waals surface area contributed by atoms with Crippen LogP contribution in [-0.2, 0) is 4.79 Å². The van der Waals surface area contributed by atoms with Crippen molar-refractivity contribution in [2.24, 2.45) is 16.7 Å². The van der Waals surface area contributed by atoms with Crippen LogP contribution >= 0.6 is 0 Å². The van der Waals surface area contributed by atoms with Gasteiger partial charge in [0, 0.05) is 0 Å². The van der Waals surface area contributed by atoms with Gasteiger partial charge in [0.2, 0.25) is 0 Å². The molecule has 0 saturated heterocycles. The summed E-state index contributed by atoms with van der Waals surface area (Å²) >= 11 is 0. The maximum Gasteiger partial charge on any atom is 0.171 e. The number of ketones is 1. The smallest absolute Gasteiger partial charge is 0.171 e. The first-order valence-electron chi connectivity index (χ1n) is 4.83. The minimum absolute atomic E-state index is 0.0104. The molecule has 13 heavy (non-hydrogen) atoms. The van der Waals surface area contributed by atoms with Crippen molar-refractivity contribution in [3.05, 3.63) is 12.7 Å². The average Bonchev–Trinajstić information content (AvgIpc) is 2.41. The molecule has 0 aromatic heterocycles. The van der Waals surface area contributed by atoms with Gasteiger partial charge in [0.1, 0.15) is 6.10 Å². The number of Topliss-reactive ketones (excluding diaryl/α,β-unsaturated/α-hetero) is 1. The molecule has 3 atom stereocenters. The molecular formula is C11H16O2. The van der Waals surface area contributed by atoms with E-state index >= 15 is 0 Å². The van der Waals surface area contributed by atoms with Crippen molar-refractivity contribution < 1.29 is 9.90 Å². The summed E-state index contributed by atoms with van der Waals surface area (Å²) in [6.45, 7) is 7.90. The molecule has 0 aromatic rings. The fourth-order valence-corrected chi connectivity index (χ4v) is 3.30. The highest BCUT2D eigenvalue weighted by Crippen LogP contribution is 2.64. The average molecular weight is 180 g/mol. The summed E-state index contributed by atoms with van der Waals surface area (Å²) in [7, 11) is 0.